The van der Waals surface area contributed by atoms with Crippen LogP contribution in [0, 0.1) is 0 Å². The van der Waals surface area contributed by atoms with E-state index in [4.69, 9.17) is 14.4 Å². The molecule has 0 radical (unpaired) electrons. The Balaban J connectivity index is 1.10. The fourth-order valence-corrected chi connectivity index (χ4v) is 8.48. The fourth-order valence-electron chi connectivity index (χ4n) is 8.48. The van der Waals surface area contributed by atoms with E-state index in [1.165, 1.54) is 44.4 Å². The van der Waals surface area contributed by atoms with Gasteiger partial charge in [0.25, 0.3) is 0 Å². The largest absolute Gasteiger partial charge is 0.456 e. The smallest absolute Gasteiger partial charge is 0.160 e. The summed E-state index contributed by atoms with van der Waals surface area (Å²) in [7, 11) is 0. The molecule has 0 N–H and O–H groups in total. The first kappa shape index (κ1) is 32.2. The van der Waals surface area contributed by atoms with E-state index in [0.29, 0.717) is 5.82 Å². The summed E-state index contributed by atoms with van der Waals surface area (Å²) < 4.78 is 9.16. The van der Waals surface area contributed by atoms with Crippen molar-refractivity contribution in [3.63, 3.8) is 0 Å². The average Bonchev–Trinajstić information content (AvgIpc) is 3.82. The van der Waals surface area contributed by atoms with Crippen molar-refractivity contribution in [2.45, 2.75) is 12.8 Å². The van der Waals surface area contributed by atoms with Crippen LogP contribution >= 0.6 is 0 Å². The molecule has 0 bridgehead atoms. The lowest BCUT2D eigenvalue weighted by Crippen LogP contribution is -2.03. The first-order valence-electron chi connectivity index (χ1n) is 19.2. The molecule has 4 heteroatoms. The highest BCUT2D eigenvalue weighted by molar-refractivity contribution is 6.12. The van der Waals surface area contributed by atoms with Crippen molar-refractivity contribution in [2.24, 2.45) is 0 Å². The second-order valence-corrected chi connectivity index (χ2v) is 14.5. The predicted octanol–water partition coefficient (Wildman–Crippen LogP) is 13.5. The van der Waals surface area contributed by atoms with Gasteiger partial charge in [0.15, 0.2) is 5.82 Å². The summed E-state index contributed by atoms with van der Waals surface area (Å²) in [4.78, 5) is 10.2. The summed E-state index contributed by atoms with van der Waals surface area (Å²) in [5.74, 6) is 0.691. The number of benzene rings is 7. The van der Waals surface area contributed by atoms with Crippen LogP contribution < -0.4 is 0 Å². The van der Waals surface area contributed by atoms with Crippen molar-refractivity contribution in [3.8, 4) is 50.7 Å². The van der Waals surface area contributed by atoms with Crippen LogP contribution in [0.1, 0.15) is 23.2 Å². The van der Waals surface area contributed by atoms with E-state index in [9.17, 15) is 0 Å². The summed E-state index contributed by atoms with van der Waals surface area (Å²) >= 11 is 0. The highest BCUT2D eigenvalue weighted by Gasteiger charge is 2.24. The molecule has 56 heavy (non-hydrogen) atoms. The van der Waals surface area contributed by atoms with Gasteiger partial charge in [-0.3, -0.25) is 0 Å². The van der Waals surface area contributed by atoms with Crippen molar-refractivity contribution >= 4 is 44.5 Å². The standard InChI is InChI=1S/C52H35N3O/c1-5-14-34(15-6-1)38-25-29-47-44(30-38)41-27-24-39(35-16-7-2-8-17-35)31-48(41)55(47)40-26-28-43-50(32-40)56-49-23-13-22-42(51(43)49)46-33-45(36-18-9-3-10-19-36)53-52(54-46)37-20-11-4-12-21-37/h1-23,25-26,28-33H,24,27H2. The van der Waals surface area contributed by atoms with Gasteiger partial charge in [0.05, 0.1) is 22.6 Å². The van der Waals surface area contributed by atoms with Gasteiger partial charge in [-0.2, -0.15) is 0 Å². The zero-order valence-corrected chi connectivity index (χ0v) is 30.6. The van der Waals surface area contributed by atoms with E-state index in [1.807, 2.05) is 36.4 Å². The minimum atomic E-state index is 0.691. The lowest BCUT2D eigenvalue weighted by Gasteiger charge is -2.17. The number of furan rings is 1. The van der Waals surface area contributed by atoms with E-state index in [1.54, 1.807) is 0 Å². The van der Waals surface area contributed by atoms with E-state index in [2.05, 4.69) is 156 Å². The third-order valence-electron chi connectivity index (χ3n) is 11.2. The predicted molar refractivity (Wildman–Crippen MR) is 231 cm³/mol. The maximum atomic E-state index is 6.73. The van der Waals surface area contributed by atoms with Crippen LogP contribution in [0.4, 0.5) is 0 Å². The lowest BCUT2D eigenvalue weighted by molar-refractivity contribution is 0.668. The zero-order chi connectivity index (χ0) is 37.0. The molecule has 264 valence electrons. The maximum absolute atomic E-state index is 6.73. The third kappa shape index (κ3) is 5.46. The topological polar surface area (TPSA) is 43.9 Å². The number of aryl methyl sites for hydroxylation is 1. The van der Waals surface area contributed by atoms with E-state index < -0.39 is 0 Å². The number of rotatable bonds is 6. The van der Waals surface area contributed by atoms with Gasteiger partial charge < -0.3 is 8.98 Å². The molecule has 1 aliphatic carbocycles. The van der Waals surface area contributed by atoms with Gasteiger partial charge in [-0.05, 0) is 83.1 Å². The molecule has 0 saturated carbocycles. The minimum Gasteiger partial charge on any atom is -0.456 e. The Hall–Kier alpha value is -7.30. The Kier molecular flexibility index (Phi) is 7.59. The third-order valence-corrected chi connectivity index (χ3v) is 11.2. The Morgan fingerprint density at radius 3 is 1.89 bits per heavy atom. The highest BCUT2D eigenvalue weighted by Crippen LogP contribution is 2.42. The number of hydrogen-bond donors (Lipinski definition) is 0. The number of allylic oxidation sites excluding steroid dienone is 1. The number of hydrogen-bond acceptors (Lipinski definition) is 3. The molecule has 11 rings (SSSR count). The molecule has 3 heterocycles. The quantitative estimate of drug-likeness (QED) is 0.172. The van der Waals surface area contributed by atoms with Crippen LogP contribution in [0.2, 0.25) is 0 Å². The van der Waals surface area contributed by atoms with Gasteiger partial charge in [0, 0.05) is 44.6 Å². The van der Waals surface area contributed by atoms with Crippen molar-refractivity contribution in [2.75, 3.05) is 0 Å². The molecule has 10 aromatic rings. The number of fused-ring (bicyclic) bond motifs is 6. The molecule has 0 saturated heterocycles. The second-order valence-electron chi connectivity index (χ2n) is 14.5. The Labute approximate surface area is 324 Å². The van der Waals surface area contributed by atoms with Gasteiger partial charge in [-0.1, -0.05) is 140 Å². The highest BCUT2D eigenvalue weighted by atomic mass is 16.3. The van der Waals surface area contributed by atoms with Gasteiger partial charge in [-0.25, -0.2) is 9.97 Å². The second kappa shape index (κ2) is 13.2. The SMILES string of the molecule is C1=C(c2ccccc2)CCc2c1n(-c1ccc3c(c1)oc1cccc(-c4cc(-c5ccccc5)nc(-c5ccccc5)n4)c13)c1ccc(-c3ccccc3)cc21. The minimum absolute atomic E-state index is 0.691. The summed E-state index contributed by atoms with van der Waals surface area (Å²) in [6, 6.07) is 63.9. The van der Waals surface area contributed by atoms with Crippen LogP contribution in [-0.4, -0.2) is 14.5 Å². The van der Waals surface area contributed by atoms with E-state index in [0.717, 1.165) is 68.5 Å². The lowest BCUT2D eigenvalue weighted by atomic mass is 9.90. The summed E-state index contributed by atoms with van der Waals surface area (Å²) in [5, 5.41) is 3.39. The summed E-state index contributed by atoms with van der Waals surface area (Å²) in [6.45, 7) is 0. The molecule has 3 aromatic heterocycles. The van der Waals surface area contributed by atoms with Crippen molar-refractivity contribution in [3.05, 3.63) is 199 Å². The van der Waals surface area contributed by atoms with Crippen molar-refractivity contribution in [1.29, 1.82) is 0 Å². The number of aromatic nitrogens is 3. The monoisotopic (exact) mass is 717 g/mol. The average molecular weight is 718 g/mol. The van der Waals surface area contributed by atoms with Gasteiger partial charge in [0.2, 0.25) is 0 Å². The van der Waals surface area contributed by atoms with Crippen LogP contribution in [0.15, 0.2) is 186 Å². The summed E-state index contributed by atoms with van der Waals surface area (Å²) in [6.07, 6.45) is 4.38. The van der Waals surface area contributed by atoms with Gasteiger partial charge in [0.1, 0.15) is 11.2 Å². The van der Waals surface area contributed by atoms with Crippen molar-refractivity contribution < 1.29 is 4.42 Å². The Morgan fingerprint density at radius 1 is 0.464 bits per heavy atom. The van der Waals surface area contributed by atoms with Gasteiger partial charge >= 0.3 is 0 Å². The molecule has 0 fully saturated rings. The fraction of sp³-hybridized carbons (Fsp3) is 0.0385. The molecule has 4 nitrogen and oxygen atoms in total. The molecule has 0 atom stereocenters. The van der Waals surface area contributed by atoms with Crippen LogP contribution in [0.5, 0.6) is 0 Å². The van der Waals surface area contributed by atoms with Crippen LogP contribution in [0.3, 0.4) is 0 Å². The Morgan fingerprint density at radius 2 is 1.14 bits per heavy atom. The molecule has 0 spiro atoms. The molecule has 0 unspecified atom stereocenters. The van der Waals surface area contributed by atoms with E-state index >= 15 is 0 Å². The van der Waals surface area contributed by atoms with Crippen LogP contribution in [0.25, 0.3) is 95.2 Å². The van der Waals surface area contributed by atoms with E-state index in [-0.39, 0.29) is 0 Å². The molecular formula is C52H35N3O. The van der Waals surface area contributed by atoms with Crippen molar-refractivity contribution in [1.82, 2.24) is 14.5 Å². The summed E-state index contributed by atoms with van der Waals surface area (Å²) in [5.41, 5.74) is 16.4. The maximum Gasteiger partial charge on any atom is 0.160 e. The zero-order valence-electron chi connectivity index (χ0n) is 30.6. The molecule has 1 aliphatic rings. The molecule has 0 aliphatic heterocycles. The van der Waals surface area contributed by atoms with Crippen LogP contribution in [-0.2, 0) is 6.42 Å². The first-order chi connectivity index (χ1) is 27.7. The normalized spacial score (nSPS) is 12.6. The molecule has 7 aromatic carbocycles. The van der Waals surface area contributed by atoms with Gasteiger partial charge in [-0.15, -0.1) is 0 Å². The molecular weight excluding hydrogens is 683 g/mol. The number of nitrogens with zero attached hydrogens (tertiary/aromatic N) is 3. The Bertz CT molecular complexity index is 3050. The first-order valence-corrected chi connectivity index (χ1v) is 19.2. The molecule has 0 amide bonds.